The average molecular weight is 421 g/mol. The zero-order valence-electron chi connectivity index (χ0n) is 16.3. The smallest absolute Gasteiger partial charge is 0.294 e. The number of nitro benzene ring substituents is 1. The number of anilines is 2. The van der Waals surface area contributed by atoms with Crippen molar-refractivity contribution in [2.45, 2.75) is 25.2 Å². The van der Waals surface area contributed by atoms with Crippen LogP contribution in [0.5, 0.6) is 11.5 Å². The van der Waals surface area contributed by atoms with E-state index in [0.29, 0.717) is 30.4 Å². The van der Waals surface area contributed by atoms with Crippen LogP contribution < -0.4 is 14.8 Å². The van der Waals surface area contributed by atoms with E-state index < -0.39 is 14.9 Å². The van der Waals surface area contributed by atoms with Gasteiger partial charge in [-0.2, -0.15) is 4.31 Å². The van der Waals surface area contributed by atoms with Crippen molar-refractivity contribution in [2.75, 3.05) is 31.6 Å². The highest BCUT2D eigenvalue weighted by atomic mass is 32.2. The number of hydrogen-bond acceptors (Lipinski definition) is 7. The molecule has 0 aliphatic carbocycles. The lowest BCUT2D eigenvalue weighted by Crippen LogP contribution is -2.30. The summed E-state index contributed by atoms with van der Waals surface area (Å²) < 4.78 is 37.8. The molecule has 1 heterocycles. The number of rotatable bonds is 7. The van der Waals surface area contributed by atoms with E-state index in [-0.39, 0.29) is 29.4 Å². The molecular weight excluding hydrogens is 398 g/mol. The first-order valence-electron chi connectivity index (χ1n) is 9.32. The number of nitrogens with one attached hydrogen (secondary N) is 1. The number of ether oxygens (including phenoxy) is 2. The Hall–Kier alpha value is -2.85. The number of benzene rings is 2. The van der Waals surface area contributed by atoms with Crippen molar-refractivity contribution in [1.29, 1.82) is 0 Å². The lowest BCUT2D eigenvalue weighted by atomic mass is 10.2. The van der Waals surface area contributed by atoms with Crippen LogP contribution in [0.3, 0.4) is 0 Å². The Morgan fingerprint density at radius 3 is 2.41 bits per heavy atom. The van der Waals surface area contributed by atoms with Gasteiger partial charge < -0.3 is 14.8 Å². The Balaban J connectivity index is 1.94. The van der Waals surface area contributed by atoms with Gasteiger partial charge in [0.05, 0.1) is 23.0 Å². The molecule has 0 aromatic heterocycles. The molecule has 0 radical (unpaired) electrons. The lowest BCUT2D eigenvalue weighted by molar-refractivity contribution is -0.384. The molecule has 0 amide bonds. The van der Waals surface area contributed by atoms with Gasteiger partial charge in [-0.15, -0.1) is 0 Å². The van der Waals surface area contributed by atoms with Crippen molar-refractivity contribution < 1.29 is 22.8 Å². The van der Waals surface area contributed by atoms with Crippen LogP contribution in [0.15, 0.2) is 41.3 Å². The number of nitro groups is 1. The normalized spacial score (nSPS) is 13.8. The van der Waals surface area contributed by atoms with Gasteiger partial charge in [0.2, 0.25) is 10.0 Å². The number of fused-ring (bicyclic) bond motifs is 1. The summed E-state index contributed by atoms with van der Waals surface area (Å²) in [6, 6.07) is 9.00. The first-order valence-corrected chi connectivity index (χ1v) is 10.8. The Kier molecular flexibility index (Phi) is 6.23. The fraction of sp³-hybridized carbons (Fsp3) is 0.368. The van der Waals surface area contributed by atoms with E-state index in [1.54, 1.807) is 32.0 Å². The maximum atomic E-state index is 12.7. The molecule has 0 bridgehead atoms. The van der Waals surface area contributed by atoms with Crippen molar-refractivity contribution in [3.05, 3.63) is 46.5 Å². The third-order valence-corrected chi connectivity index (χ3v) is 6.58. The summed E-state index contributed by atoms with van der Waals surface area (Å²) in [5.74, 6) is 1.17. The summed E-state index contributed by atoms with van der Waals surface area (Å²) in [4.78, 5) is 10.9. The first kappa shape index (κ1) is 20.9. The Bertz CT molecular complexity index is 1000. The minimum Gasteiger partial charge on any atom is -0.490 e. The Labute approximate surface area is 169 Å². The highest BCUT2D eigenvalue weighted by Gasteiger charge is 2.26. The predicted octanol–water partition coefficient (Wildman–Crippen LogP) is 3.53. The van der Waals surface area contributed by atoms with E-state index in [1.165, 1.54) is 16.4 Å². The van der Waals surface area contributed by atoms with Crippen molar-refractivity contribution in [3.63, 3.8) is 0 Å². The van der Waals surface area contributed by atoms with Crippen LogP contribution in [-0.2, 0) is 10.0 Å². The van der Waals surface area contributed by atoms with E-state index in [0.717, 1.165) is 12.5 Å². The molecule has 29 heavy (non-hydrogen) atoms. The Morgan fingerprint density at radius 1 is 1.07 bits per heavy atom. The third-order valence-electron chi connectivity index (χ3n) is 4.54. The van der Waals surface area contributed by atoms with E-state index in [4.69, 9.17) is 9.47 Å². The van der Waals surface area contributed by atoms with Crippen molar-refractivity contribution >= 4 is 27.1 Å². The van der Waals surface area contributed by atoms with Gasteiger partial charge in [-0.25, -0.2) is 8.42 Å². The largest absolute Gasteiger partial charge is 0.490 e. The highest BCUT2D eigenvalue weighted by molar-refractivity contribution is 7.89. The van der Waals surface area contributed by atoms with Gasteiger partial charge >= 0.3 is 0 Å². The van der Waals surface area contributed by atoms with E-state index in [2.05, 4.69) is 5.32 Å². The second-order valence-electron chi connectivity index (χ2n) is 6.36. The summed E-state index contributed by atoms with van der Waals surface area (Å²) >= 11 is 0. The third kappa shape index (κ3) is 4.43. The fourth-order valence-electron chi connectivity index (χ4n) is 3.04. The average Bonchev–Trinajstić information content (AvgIpc) is 2.93. The fourth-order valence-corrected chi connectivity index (χ4v) is 4.52. The number of nitrogens with zero attached hydrogens (tertiary/aromatic N) is 2. The number of sulfonamides is 1. The maximum Gasteiger partial charge on any atom is 0.294 e. The summed E-state index contributed by atoms with van der Waals surface area (Å²) in [6.45, 7) is 5.08. The molecule has 0 spiro atoms. The predicted molar refractivity (Wildman–Crippen MR) is 109 cm³/mol. The second-order valence-corrected chi connectivity index (χ2v) is 8.30. The summed E-state index contributed by atoms with van der Waals surface area (Å²) in [7, 11) is -3.80. The molecule has 10 heteroatoms. The molecule has 0 saturated heterocycles. The SMILES string of the molecule is CCN(CC)S(=O)(=O)c1ccc(Nc2ccc3c(c2)OCCCO3)c([N+](=O)[O-])c1. The zero-order valence-corrected chi connectivity index (χ0v) is 17.1. The van der Waals surface area contributed by atoms with E-state index in [9.17, 15) is 18.5 Å². The van der Waals surface area contributed by atoms with E-state index >= 15 is 0 Å². The molecule has 0 atom stereocenters. The second kappa shape index (κ2) is 8.66. The van der Waals surface area contributed by atoms with Crippen LogP contribution in [-0.4, -0.2) is 43.9 Å². The highest BCUT2D eigenvalue weighted by Crippen LogP contribution is 2.36. The lowest BCUT2D eigenvalue weighted by Gasteiger charge is -2.18. The number of hydrogen-bond donors (Lipinski definition) is 1. The molecule has 0 unspecified atom stereocenters. The van der Waals surface area contributed by atoms with Crippen molar-refractivity contribution in [2.24, 2.45) is 0 Å². The van der Waals surface area contributed by atoms with Crippen LogP contribution >= 0.6 is 0 Å². The standard InChI is InChI=1S/C19H23N3O6S/c1-3-21(4-2)29(25,26)15-7-8-16(17(13-15)22(23)24)20-14-6-9-18-19(12-14)28-11-5-10-27-18/h6-9,12-13,20H,3-5,10-11H2,1-2H3. The van der Waals surface area contributed by atoms with Crippen molar-refractivity contribution in [3.8, 4) is 11.5 Å². The molecule has 2 aromatic carbocycles. The van der Waals surface area contributed by atoms with Crippen LogP contribution in [0.25, 0.3) is 0 Å². The zero-order chi connectivity index (χ0) is 21.0. The molecule has 1 N–H and O–H groups in total. The Morgan fingerprint density at radius 2 is 1.76 bits per heavy atom. The quantitative estimate of drug-likeness (QED) is 0.538. The monoisotopic (exact) mass is 421 g/mol. The van der Waals surface area contributed by atoms with Crippen LogP contribution in [0.2, 0.25) is 0 Å². The van der Waals surface area contributed by atoms with Gasteiger partial charge in [0.1, 0.15) is 5.69 Å². The van der Waals surface area contributed by atoms with Gasteiger partial charge in [0.15, 0.2) is 11.5 Å². The van der Waals surface area contributed by atoms with Gasteiger partial charge in [0.25, 0.3) is 5.69 Å². The molecule has 0 saturated carbocycles. The summed E-state index contributed by atoms with van der Waals surface area (Å²) in [6.07, 6.45) is 0.769. The molecule has 0 fully saturated rings. The minimum absolute atomic E-state index is 0.114. The van der Waals surface area contributed by atoms with Crippen LogP contribution in [0, 0.1) is 10.1 Å². The molecule has 156 valence electrons. The van der Waals surface area contributed by atoms with Crippen LogP contribution in [0.4, 0.5) is 17.1 Å². The topological polar surface area (TPSA) is 111 Å². The van der Waals surface area contributed by atoms with Gasteiger partial charge in [-0.1, -0.05) is 13.8 Å². The molecule has 1 aliphatic rings. The molecule has 3 rings (SSSR count). The molecular formula is C19H23N3O6S. The van der Waals surface area contributed by atoms with E-state index in [1.807, 2.05) is 0 Å². The first-order chi connectivity index (χ1) is 13.9. The van der Waals surface area contributed by atoms with Gasteiger partial charge in [-0.3, -0.25) is 10.1 Å². The molecule has 1 aliphatic heterocycles. The summed E-state index contributed by atoms with van der Waals surface area (Å²) in [5.41, 5.74) is 0.421. The maximum absolute atomic E-state index is 12.7. The van der Waals surface area contributed by atoms with Gasteiger partial charge in [0, 0.05) is 37.3 Å². The van der Waals surface area contributed by atoms with Gasteiger partial charge in [-0.05, 0) is 24.3 Å². The van der Waals surface area contributed by atoms with Crippen LogP contribution in [0.1, 0.15) is 20.3 Å². The minimum atomic E-state index is -3.80. The van der Waals surface area contributed by atoms with Crippen molar-refractivity contribution in [1.82, 2.24) is 4.31 Å². The summed E-state index contributed by atoms with van der Waals surface area (Å²) in [5, 5.41) is 14.6. The molecule has 9 nitrogen and oxygen atoms in total. The molecule has 2 aromatic rings.